The van der Waals surface area contributed by atoms with Gasteiger partial charge in [-0.25, -0.2) is 5.84 Å². The number of hydrazine groups is 1. The molecule has 1 amide bonds. The predicted octanol–water partition coefficient (Wildman–Crippen LogP) is 3.51. The number of nitrogens with zero attached hydrogens (tertiary/aromatic N) is 1. The summed E-state index contributed by atoms with van der Waals surface area (Å²) in [6.07, 6.45) is 0. The van der Waals surface area contributed by atoms with Crippen molar-refractivity contribution in [2.24, 2.45) is 5.84 Å². The molecular weight excluding hydrogens is 283 g/mol. The maximum absolute atomic E-state index is 12.1. The molecular formula is C14H12Cl2N2O. The number of rotatable bonds is 3. The fourth-order valence-corrected chi connectivity index (χ4v) is 1.99. The van der Waals surface area contributed by atoms with Crippen LogP contribution in [0.3, 0.4) is 0 Å². The lowest BCUT2D eigenvalue weighted by molar-refractivity contribution is 0.0743. The van der Waals surface area contributed by atoms with E-state index in [4.69, 9.17) is 29.0 Å². The molecule has 0 heterocycles. The average Bonchev–Trinajstić information content (AvgIpc) is 2.41. The van der Waals surface area contributed by atoms with Crippen molar-refractivity contribution in [3.8, 4) is 0 Å². The molecule has 2 N–H and O–H groups in total. The zero-order chi connectivity index (χ0) is 13.8. The first kappa shape index (κ1) is 13.9. The van der Waals surface area contributed by atoms with E-state index in [0.29, 0.717) is 22.2 Å². The summed E-state index contributed by atoms with van der Waals surface area (Å²) in [5, 5.41) is 2.16. The standard InChI is InChI=1S/C14H12Cl2N2O/c15-11-7-5-10(6-8-11)9-18(17)14(19)12-3-1-2-4-13(12)16/h1-8H,9,17H2. The van der Waals surface area contributed by atoms with E-state index in [0.717, 1.165) is 10.6 Å². The topological polar surface area (TPSA) is 46.3 Å². The second kappa shape index (κ2) is 6.06. The third-order valence-corrected chi connectivity index (χ3v) is 3.21. The highest BCUT2D eigenvalue weighted by Crippen LogP contribution is 2.17. The summed E-state index contributed by atoms with van der Waals surface area (Å²) in [4.78, 5) is 12.1. The highest BCUT2D eigenvalue weighted by Gasteiger charge is 2.15. The minimum absolute atomic E-state index is 0.293. The molecule has 0 aromatic heterocycles. The van der Waals surface area contributed by atoms with Crippen LogP contribution in [0.5, 0.6) is 0 Å². The highest BCUT2D eigenvalue weighted by atomic mass is 35.5. The summed E-state index contributed by atoms with van der Waals surface area (Å²) in [7, 11) is 0. The normalized spacial score (nSPS) is 10.3. The van der Waals surface area contributed by atoms with Gasteiger partial charge in [0.25, 0.3) is 5.91 Å². The van der Waals surface area contributed by atoms with Crippen LogP contribution in [0.4, 0.5) is 0 Å². The molecule has 0 fully saturated rings. The zero-order valence-electron chi connectivity index (χ0n) is 10.0. The Morgan fingerprint density at radius 3 is 2.32 bits per heavy atom. The number of amides is 1. The van der Waals surface area contributed by atoms with Gasteiger partial charge in [0.15, 0.2) is 0 Å². The van der Waals surface area contributed by atoms with Crippen molar-refractivity contribution >= 4 is 29.1 Å². The van der Waals surface area contributed by atoms with Crippen molar-refractivity contribution in [2.45, 2.75) is 6.54 Å². The maximum atomic E-state index is 12.1. The fraction of sp³-hybridized carbons (Fsp3) is 0.0714. The first-order valence-corrected chi connectivity index (χ1v) is 6.39. The molecule has 19 heavy (non-hydrogen) atoms. The summed E-state index contributed by atoms with van der Waals surface area (Å²) in [6.45, 7) is 0.293. The summed E-state index contributed by atoms with van der Waals surface area (Å²) < 4.78 is 0. The van der Waals surface area contributed by atoms with Crippen molar-refractivity contribution in [1.82, 2.24) is 5.01 Å². The molecule has 0 atom stereocenters. The second-order valence-electron chi connectivity index (χ2n) is 4.04. The molecule has 0 radical (unpaired) electrons. The van der Waals surface area contributed by atoms with Gasteiger partial charge in [-0.2, -0.15) is 0 Å². The van der Waals surface area contributed by atoms with Crippen LogP contribution in [0.2, 0.25) is 10.0 Å². The summed E-state index contributed by atoms with van der Waals surface area (Å²) in [5.41, 5.74) is 1.29. The summed E-state index contributed by atoms with van der Waals surface area (Å²) in [6, 6.07) is 14.0. The van der Waals surface area contributed by atoms with Crippen LogP contribution in [0, 0.1) is 0 Å². The van der Waals surface area contributed by atoms with Crippen LogP contribution in [-0.2, 0) is 6.54 Å². The van der Waals surface area contributed by atoms with Crippen LogP contribution in [-0.4, -0.2) is 10.9 Å². The molecule has 0 spiro atoms. The Morgan fingerprint density at radius 1 is 1.05 bits per heavy atom. The van der Waals surface area contributed by atoms with E-state index < -0.39 is 0 Å². The van der Waals surface area contributed by atoms with E-state index in [1.54, 1.807) is 36.4 Å². The molecule has 2 aromatic carbocycles. The molecule has 2 rings (SSSR count). The molecule has 0 bridgehead atoms. The second-order valence-corrected chi connectivity index (χ2v) is 4.88. The lowest BCUT2D eigenvalue weighted by Gasteiger charge is -2.17. The van der Waals surface area contributed by atoms with Crippen LogP contribution in [0.15, 0.2) is 48.5 Å². The third-order valence-electron chi connectivity index (χ3n) is 2.63. The van der Waals surface area contributed by atoms with Crippen LogP contribution < -0.4 is 5.84 Å². The van der Waals surface area contributed by atoms with Crippen LogP contribution >= 0.6 is 23.2 Å². The largest absolute Gasteiger partial charge is 0.272 e. The van der Waals surface area contributed by atoms with E-state index in [1.165, 1.54) is 0 Å². The molecule has 5 heteroatoms. The monoisotopic (exact) mass is 294 g/mol. The molecule has 0 saturated carbocycles. The van der Waals surface area contributed by atoms with Gasteiger partial charge in [-0.1, -0.05) is 47.5 Å². The minimum atomic E-state index is -0.319. The van der Waals surface area contributed by atoms with Crippen LogP contribution in [0.25, 0.3) is 0 Å². The first-order chi connectivity index (χ1) is 9.08. The number of carbonyl (C=O) groups excluding carboxylic acids is 1. The van der Waals surface area contributed by atoms with Crippen molar-refractivity contribution < 1.29 is 4.79 Å². The molecule has 2 aromatic rings. The molecule has 3 nitrogen and oxygen atoms in total. The minimum Gasteiger partial charge on any atom is -0.272 e. The van der Waals surface area contributed by atoms with Gasteiger partial charge in [0.05, 0.1) is 17.1 Å². The van der Waals surface area contributed by atoms with Gasteiger partial charge in [0.1, 0.15) is 0 Å². The lowest BCUT2D eigenvalue weighted by Crippen LogP contribution is -2.36. The van der Waals surface area contributed by atoms with E-state index in [9.17, 15) is 4.79 Å². The maximum Gasteiger partial charge on any atom is 0.269 e. The lowest BCUT2D eigenvalue weighted by atomic mass is 10.2. The zero-order valence-corrected chi connectivity index (χ0v) is 11.5. The Labute approximate surface area is 121 Å². The fourth-order valence-electron chi connectivity index (χ4n) is 1.65. The Bertz CT molecular complexity index is 584. The van der Waals surface area contributed by atoms with E-state index in [-0.39, 0.29) is 5.91 Å². The van der Waals surface area contributed by atoms with Gasteiger partial charge in [0.2, 0.25) is 0 Å². The van der Waals surface area contributed by atoms with Crippen molar-refractivity contribution in [3.05, 3.63) is 69.7 Å². The molecule has 0 aliphatic heterocycles. The van der Waals surface area contributed by atoms with Crippen molar-refractivity contribution in [1.29, 1.82) is 0 Å². The molecule has 0 aliphatic rings. The number of hydrogen-bond acceptors (Lipinski definition) is 2. The Morgan fingerprint density at radius 2 is 1.68 bits per heavy atom. The smallest absolute Gasteiger partial charge is 0.269 e. The summed E-state index contributed by atoms with van der Waals surface area (Å²) in [5.74, 6) is 5.46. The number of carbonyl (C=O) groups is 1. The number of benzene rings is 2. The Kier molecular flexibility index (Phi) is 4.43. The SMILES string of the molecule is NN(Cc1ccc(Cl)cc1)C(=O)c1ccccc1Cl. The number of nitrogens with two attached hydrogens (primary N) is 1. The van der Waals surface area contributed by atoms with Gasteiger partial charge >= 0.3 is 0 Å². The van der Waals surface area contributed by atoms with E-state index in [1.807, 2.05) is 12.1 Å². The van der Waals surface area contributed by atoms with Gasteiger partial charge in [0, 0.05) is 5.02 Å². The van der Waals surface area contributed by atoms with Gasteiger partial charge in [-0.05, 0) is 29.8 Å². The number of hydrogen-bond donors (Lipinski definition) is 1. The molecule has 0 unspecified atom stereocenters. The molecule has 98 valence electrons. The average molecular weight is 295 g/mol. The van der Waals surface area contributed by atoms with Crippen molar-refractivity contribution in [3.63, 3.8) is 0 Å². The van der Waals surface area contributed by atoms with Gasteiger partial charge in [-0.15, -0.1) is 0 Å². The van der Waals surface area contributed by atoms with Crippen LogP contribution in [0.1, 0.15) is 15.9 Å². The molecule has 0 saturated heterocycles. The highest BCUT2D eigenvalue weighted by molar-refractivity contribution is 6.33. The third kappa shape index (κ3) is 3.47. The van der Waals surface area contributed by atoms with E-state index in [2.05, 4.69) is 0 Å². The van der Waals surface area contributed by atoms with E-state index >= 15 is 0 Å². The first-order valence-electron chi connectivity index (χ1n) is 5.63. The van der Waals surface area contributed by atoms with Crippen molar-refractivity contribution in [2.75, 3.05) is 0 Å². The Hall–Kier alpha value is -1.55. The summed E-state index contributed by atoms with van der Waals surface area (Å²) >= 11 is 11.8. The number of halogens is 2. The Balaban J connectivity index is 2.12. The molecule has 0 aliphatic carbocycles. The predicted molar refractivity (Wildman–Crippen MR) is 77.0 cm³/mol. The quantitative estimate of drug-likeness (QED) is 0.535. The van der Waals surface area contributed by atoms with Gasteiger partial charge < -0.3 is 0 Å². The van der Waals surface area contributed by atoms with Gasteiger partial charge in [-0.3, -0.25) is 9.80 Å².